The summed E-state index contributed by atoms with van der Waals surface area (Å²) in [5, 5.41) is 4.11. The standard InChI is InChI=1S/C11H11N3O/c1-2-11-12-10(8-15)13-14(11)9-6-4-3-5-7-9/h3-8H,2H2,1H3. The molecule has 1 aromatic carbocycles. The van der Waals surface area contributed by atoms with Crippen LogP contribution in [0.1, 0.15) is 23.4 Å². The smallest absolute Gasteiger partial charge is 0.214 e. The van der Waals surface area contributed by atoms with E-state index in [-0.39, 0.29) is 5.82 Å². The Hall–Kier alpha value is -1.97. The molecule has 2 rings (SSSR count). The number of aryl methyl sites for hydroxylation is 1. The Morgan fingerprint density at radius 1 is 1.33 bits per heavy atom. The van der Waals surface area contributed by atoms with E-state index in [0.29, 0.717) is 6.29 Å². The van der Waals surface area contributed by atoms with Gasteiger partial charge in [0.15, 0.2) is 6.29 Å². The van der Waals surface area contributed by atoms with Gasteiger partial charge >= 0.3 is 0 Å². The van der Waals surface area contributed by atoms with Gasteiger partial charge in [-0.2, -0.15) is 0 Å². The number of aromatic nitrogens is 3. The highest BCUT2D eigenvalue weighted by Gasteiger charge is 2.08. The van der Waals surface area contributed by atoms with E-state index in [4.69, 9.17) is 0 Å². The molecular weight excluding hydrogens is 190 g/mol. The second-order valence-corrected chi connectivity index (χ2v) is 3.10. The zero-order valence-electron chi connectivity index (χ0n) is 8.42. The molecule has 0 bridgehead atoms. The number of nitrogens with zero attached hydrogens (tertiary/aromatic N) is 3. The molecule has 0 N–H and O–H groups in total. The molecule has 1 heterocycles. The number of hydrogen-bond donors (Lipinski definition) is 0. The predicted octanol–water partition coefficient (Wildman–Crippen LogP) is 1.64. The van der Waals surface area contributed by atoms with Crippen LogP contribution >= 0.6 is 0 Å². The van der Waals surface area contributed by atoms with E-state index >= 15 is 0 Å². The van der Waals surface area contributed by atoms with Crippen LogP contribution in [0.15, 0.2) is 30.3 Å². The summed E-state index contributed by atoms with van der Waals surface area (Å²) >= 11 is 0. The van der Waals surface area contributed by atoms with E-state index in [0.717, 1.165) is 17.9 Å². The largest absolute Gasteiger partial charge is 0.294 e. The van der Waals surface area contributed by atoms with Gasteiger partial charge in [0.2, 0.25) is 5.82 Å². The van der Waals surface area contributed by atoms with Crippen LogP contribution < -0.4 is 0 Å². The second-order valence-electron chi connectivity index (χ2n) is 3.10. The average molecular weight is 201 g/mol. The van der Waals surface area contributed by atoms with E-state index in [1.807, 2.05) is 37.3 Å². The Morgan fingerprint density at radius 2 is 2.07 bits per heavy atom. The van der Waals surface area contributed by atoms with Crippen molar-refractivity contribution in [2.75, 3.05) is 0 Å². The van der Waals surface area contributed by atoms with Crippen LogP contribution in [-0.4, -0.2) is 21.1 Å². The molecule has 2 aromatic rings. The van der Waals surface area contributed by atoms with E-state index < -0.39 is 0 Å². The number of para-hydroxylation sites is 1. The fraction of sp³-hybridized carbons (Fsp3) is 0.182. The lowest BCUT2D eigenvalue weighted by Gasteiger charge is -2.02. The van der Waals surface area contributed by atoms with Crippen LogP contribution in [0.2, 0.25) is 0 Å². The summed E-state index contributed by atoms with van der Waals surface area (Å²) in [5.74, 6) is 1.03. The fourth-order valence-electron chi connectivity index (χ4n) is 1.42. The minimum Gasteiger partial charge on any atom is -0.294 e. The monoisotopic (exact) mass is 201 g/mol. The first-order chi connectivity index (χ1) is 7.35. The van der Waals surface area contributed by atoms with E-state index in [1.165, 1.54) is 0 Å². The third kappa shape index (κ3) is 1.79. The zero-order chi connectivity index (χ0) is 10.7. The lowest BCUT2D eigenvalue weighted by atomic mass is 10.3. The van der Waals surface area contributed by atoms with Crippen molar-refractivity contribution < 1.29 is 4.79 Å². The quantitative estimate of drug-likeness (QED) is 0.709. The molecule has 0 aliphatic carbocycles. The van der Waals surface area contributed by atoms with Crippen LogP contribution in [0.25, 0.3) is 5.69 Å². The Labute approximate surface area is 87.6 Å². The number of hydrogen-bond acceptors (Lipinski definition) is 3. The molecule has 0 radical (unpaired) electrons. The maximum atomic E-state index is 10.6. The molecule has 0 fully saturated rings. The van der Waals surface area contributed by atoms with Crippen molar-refractivity contribution in [1.82, 2.24) is 14.8 Å². The van der Waals surface area contributed by atoms with Gasteiger partial charge in [0.05, 0.1) is 5.69 Å². The summed E-state index contributed by atoms with van der Waals surface area (Å²) in [5.41, 5.74) is 0.926. The molecule has 0 saturated heterocycles. The van der Waals surface area contributed by atoms with Gasteiger partial charge in [-0.3, -0.25) is 4.79 Å². The lowest BCUT2D eigenvalue weighted by molar-refractivity contribution is 0.111. The van der Waals surface area contributed by atoms with Gasteiger partial charge in [0, 0.05) is 6.42 Å². The number of benzene rings is 1. The number of carbonyl (C=O) groups is 1. The van der Waals surface area contributed by atoms with Crippen molar-refractivity contribution in [3.05, 3.63) is 42.0 Å². The van der Waals surface area contributed by atoms with Crippen molar-refractivity contribution in [3.8, 4) is 5.69 Å². The number of carbonyl (C=O) groups excluding carboxylic acids is 1. The Balaban J connectivity index is 2.52. The van der Waals surface area contributed by atoms with Crippen LogP contribution in [0, 0.1) is 0 Å². The first-order valence-corrected chi connectivity index (χ1v) is 4.81. The van der Waals surface area contributed by atoms with Gasteiger partial charge in [0.1, 0.15) is 5.82 Å². The molecule has 0 spiro atoms. The van der Waals surface area contributed by atoms with Crippen LogP contribution in [-0.2, 0) is 6.42 Å². The molecular formula is C11H11N3O. The van der Waals surface area contributed by atoms with Crippen molar-refractivity contribution in [3.63, 3.8) is 0 Å². The van der Waals surface area contributed by atoms with Crippen LogP contribution in [0.3, 0.4) is 0 Å². The van der Waals surface area contributed by atoms with Crippen LogP contribution in [0.5, 0.6) is 0 Å². The van der Waals surface area contributed by atoms with Crippen molar-refractivity contribution in [1.29, 1.82) is 0 Å². The summed E-state index contributed by atoms with van der Waals surface area (Å²) in [4.78, 5) is 14.7. The Bertz CT molecular complexity index is 462. The van der Waals surface area contributed by atoms with Gasteiger partial charge in [0.25, 0.3) is 0 Å². The minimum atomic E-state index is 0.232. The molecule has 76 valence electrons. The third-order valence-corrected chi connectivity index (χ3v) is 2.11. The normalized spacial score (nSPS) is 10.2. The number of aldehydes is 1. The van der Waals surface area contributed by atoms with E-state index in [9.17, 15) is 4.79 Å². The van der Waals surface area contributed by atoms with E-state index in [2.05, 4.69) is 10.1 Å². The fourth-order valence-corrected chi connectivity index (χ4v) is 1.42. The maximum absolute atomic E-state index is 10.6. The maximum Gasteiger partial charge on any atom is 0.214 e. The summed E-state index contributed by atoms with van der Waals surface area (Å²) < 4.78 is 1.70. The molecule has 1 aromatic heterocycles. The molecule has 4 heteroatoms. The third-order valence-electron chi connectivity index (χ3n) is 2.11. The van der Waals surface area contributed by atoms with E-state index in [1.54, 1.807) is 4.68 Å². The predicted molar refractivity (Wildman–Crippen MR) is 56.1 cm³/mol. The first-order valence-electron chi connectivity index (χ1n) is 4.81. The molecule has 0 aliphatic rings. The molecule has 4 nitrogen and oxygen atoms in total. The molecule has 0 aliphatic heterocycles. The topological polar surface area (TPSA) is 47.8 Å². The minimum absolute atomic E-state index is 0.232. The summed E-state index contributed by atoms with van der Waals surface area (Å²) in [6, 6.07) is 9.66. The van der Waals surface area contributed by atoms with Crippen molar-refractivity contribution in [2.45, 2.75) is 13.3 Å². The van der Waals surface area contributed by atoms with Gasteiger partial charge < -0.3 is 0 Å². The van der Waals surface area contributed by atoms with Gasteiger partial charge in [-0.05, 0) is 12.1 Å². The zero-order valence-corrected chi connectivity index (χ0v) is 8.42. The average Bonchev–Trinajstić information content (AvgIpc) is 2.73. The Kier molecular flexibility index (Phi) is 2.58. The first kappa shape index (κ1) is 9.58. The summed E-state index contributed by atoms with van der Waals surface area (Å²) in [6.45, 7) is 1.98. The van der Waals surface area contributed by atoms with Crippen molar-refractivity contribution >= 4 is 6.29 Å². The van der Waals surface area contributed by atoms with Crippen molar-refractivity contribution in [2.24, 2.45) is 0 Å². The SMILES string of the molecule is CCc1nc(C=O)nn1-c1ccccc1. The number of rotatable bonds is 3. The molecule has 15 heavy (non-hydrogen) atoms. The molecule has 0 saturated carbocycles. The molecule has 0 unspecified atom stereocenters. The lowest BCUT2D eigenvalue weighted by Crippen LogP contribution is -2.01. The van der Waals surface area contributed by atoms with Gasteiger partial charge in [-0.25, -0.2) is 9.67 Å². The molecule has 0 atom stereocenters. The summed E-state index contributed by atoms with van der Waals surface area (Å²) in [7, 11) is 0. The highest BCUT2D eigenvalue weighted by Crippen LogP contribution is 2.09. The van der Waals surface area contributed by atoms with Gasteiger partial charge in [-0.1, -0.05) is 25.1 Å². The Morgan fingerprint density at radius 3 is 2.67 bits per heavy atom. The highest BCUT2D eigenvalue weighted by molar-refractivity contribution is 5.68. The van der Waals surface area contributed by atoms with Crippen LogP contribution in [0.4, 0.5) is 0 Å². The second kappa shape index (κ2) is 4.04. The van der Waals surface area contributed by atoms with Gasteiger partial charge in [-0.15, -0.1) is 5.10 Å². The summed E-state index contributed by atoms with van der Waals surface area (Å²) in [6.07, 6.45) is 1.41. The highest BCUT2D eigenvalue weighted by atomic mass is 16.1. The molecule has 0 amide bonds.